The second-order valence-electron chi connectivity index (χ2n) is 10.0. The van der Waals surface area contributed by atoms with Crippen molar-refractivity contribution >= 4 is 11.6 Å². The maximum absolute atomic E-state index is 15.7. The molecule has 2 heterocycles. The number of benzene rings is 3. The number of aromatic nitrogens is 3. The van der Waals surface area contributed by atoms with Crippen molar-refractivity contribution in [1.82, 2.24) is 19.7 Å². The fourth-order valence-electron chi connectivity index (χ4n) is 5.49. The molecule has 0 saturated carbocycles. The van der Waals surface area contributed by atoms with Crippen LogP contribution in [0, 0.1) is 23.1 Å². The van der Waals surface area contributed by atoms with Crippen LogP contribution in [-0.4, -0.2) is 38.4 Å². The second kappa shape index (κ2) is 10.0. The first-order valence-corrected chi connectivity index (χ1v) is 12.4. The summed E-state index contributed by atoms with van der Waals surface area (Å²) in [5.74, 6) is -1.02. The summed E-state index contributed by atoms with van der Waals surface area (Å²) in [7, 11) is 0. The average molecular weight is 518 g/mol. The van der Waals surface area contributed by atoms with Gasteiger partial charge in [-0.25, -0.2) is 18.4 Å². The molecule has 37 heavy (non-hydrogen) atoms. The van der Waals surface area contributed by atoms with Crippen LogP contribution in [0.15, 0.2) is 79.4 Å². The summed E-state index contributed by atoms with van der Waals surface area (Å²) < 4.78 is 31.9. The van der Waals surface area contributed by atoms with Crippen LogP contribution < -0.4 is 0 Å². The van der Waals surface area contributed by atoms with Gasteiger partial charge in [0.2, 0.25) is 0 Å². The Morgan fingerprint density at radius 1 is 1.03 bits per heavy atom. The highest BCUT2D eigenvalue weighted by Gasteiger charge is 2.45. The third-order valence-corrected chi connectivity index (χ3v) is 7.23. The first kappa shape index (κ1) is 25.1. The number of likely N-dealkylation sites (tertiary alicyclic amines) is 1. The zero-order chi connectivity index (χ0) is 26.2. The topological polar surface area (TPSA) is 57.7 Å². The number of nitrogens with zero attached hydrogens (tertiary/aromatic N) is 5. The predicted octanol–water partition coefficient (Wildman–Crippen LogP) is 6.48. The Morgan fingerprint density at radius 3 is 2.43 bits per heavy atom. The zero-order valence-electron chi connectivity index (χ0n) is 20.5. The SMILES string of the molecule is CC(C)(F)[C@H](c1cc(F)cc(-n2cncn2)c1)C1CN(C(c2ccc(Cl)cc2)c2cccc(C#N)c2)C1. The molecule has 0 spiro atoms. The van der Waals surface area contributed by atoms with E-state index in [9.17, 15) is 9.65 Å². The van der Waals surface area contributed by atoms with Gasteiger partial charge >= 0.3 is 0 Å². The predicted molar refractivity (Wildman–Crippen MR) is 139 cm³/mol. The van der Waals surface area contributed by atoms with Crippen LogP contribution in [0.2, 0.25) is 5.02 Å². The molecular formula is C29H26ClF2N5. The molecule has 3 aromatic carbocycles. The van der Waals surface area contributed by atoms with Gasteiger partial charge in [-0.2, -0.15) is 10.4 Å². The molecule has 1 aliphatic heterocycles. The van der Waals surface area contributed by atoms with Crippen molar-refractivity contribution in [3.63, 3.8) is 0 Å². The van der Waals surface area contributed by atoms with Crippen molar-refractivity contribution in [2.45, 2.75) is 31.5 Å². The van der Waals surface area contributed by atoms with Crippen molar-refractivity contribution in [2.24, 2.45) is 5.92 Å². The van der Waals surface area contributed by atoms with Crippen LogP contribution in [0.1, 0.15) is 48.1 Å². The van der Waals surface area contributed by atoms with Gasteiger partial charge in [-0.05, 0) is 78.9 Å². The summed E-state index contributed by atoms with van der Waals surface area (Å²) in [5.41, 5.74) is 2.11. The van der Waals surface area contributed by atoms with Gasteiger partial charge in [0.05, 0.1) is 23.4 Å². The minimum Gasteiger partial charge on any atom is -0.292 e. The Kier molecular flexibility index (Phi) is 6.80. The standard InChI is InChI=1S/C29H26ClF2N5/c1-29(2,32)27(22-11-25(31)13-26(12-22)37-18-34-17-35-37)23-15-36(16-23)28(20-6-8-24(30)9-7-20)21-5-3-4-19(10-21)14-33/h3-13,17-18,23,27-28H,15-16H2,1-2H3/t27-,28?/m1/s1. The molecule has 0 bridgehead atoms. The third-order valence-electron chi connectivity index (χ3n) is 6.98. The minimum absolute atomic E-state index is 0.0423. The molecule has 2 atom stereocenters. The highest BCUT2D eigenvalue weighted by atomic mass is 35.5. The lowest BCUT2D eigenvalue weighted by molar-refractivity contribution is 0.00812. The smallest absolute Gasteiger partial charge is 0.138 e. The fraction of sp³-hybridized carbons (Fsp3) is 0.276. The quantitative estimate of drug-likeness (QED) is 0.281. The lowest BCUT2D eigenvalue weighted by Crippen LogP contribution is -2.53. The molecule has 0 amide bonds. The van der Waals surface area contributed by atoms with Crippen LogP contribution in [-0.2, 0) is 0 Å². The van der Waals surface area contributed by atoms with Gasteiger partial charge in [-0.15, -0.1) is 0 Å². The molecule has 5 rings (SSSR count). The van der Waals surface area contributed by atoms with Gasteiger partial charge in [-0.1, -0.05) is 35.9 Å². The van der Waals surface area contributed by atoms with E-state index in [2.05, 4.69) is 21.1 Å². The molecule has 1 saturated heterocycles. The summed E-state index contributed by atoms with van der Waals surface area (Å²) >= 11 is 6.14. The Hall–Kier alpha value is -3.60. The lowest BCUT2D eigenvalue weighted by Gasteiger charge is -2.50. The van der Waals surface area contributed by atoms with Crippen molar-refractivity contribution in [3.8, 4) is 11.8 Å². The zero-order valence-corrected chi connectivity index (χ0v) is 21.3. The summed E-state index contributed by atoms with van der Waals surface area (Å²) in [6, 6.07) is 21.9. The normalized spacial score (nSPS) is 16.1. The molecule has 0 aliphatic carbocycles. The highest BCUT2D eigenvalue weighted by Crippen LogP contribution is 2.46. The highest BCUT2D eigenvalue weighted by molar-refractivity contribution is 6.30. The molecule has 1 fully saturated rings. The largest absolute Gasteiger partial charge is 0.292 e. The number of halogens is 3. The third kappa shape index (κ3) is 5.27. The van der Waals surface area contributed by atoms with Crippen molar-refractivity contribution in [3.05, 3.63) is 112 Å². The maximum atomic E-state index is 15.7. The van der Waals surface area contributed by atoms with E-state index in [1.807, 2.05) is 42.5 Å². The molecule has 1 unspecified atom stereocenters. The molecular weight excluding hydrogens is 492 g/mol. The molecule has 1 aromatic heterocycles. The van der Waals surface area contributed by atoms with Crippen LogP contribution in [0.4, 0.5) is 8.78 Å². The van der Waals surface area contributed by atoms with Gasteiger partial charge in [0.1, 0.15) is 24.1 Å². The molecule has 5 nitrogen and oxygen atoms in total. The van der Waals surface area contributed by atoms with Crippen molar-refractivity contribution in [2.75, 3.05) is 13.1 Å². The molecule has 4 aromatic rings. The number of hydrogen-bond acceptors (Lipinski definition) is 4. The van der Waals surface area contributed by atoms with Crippen molar-refractivity contribution in [1.29, 1.82) is 5.26 Å². The monoisotopic (exact) mass is 517 g/mol. The average Bonchev–Trinajstić information content (AvgIpc) is 3.38. The van der Waals surface area contributed by atoms with Gasteiger partial charge < -0.3 is 0 Å². The number of alkyl halides is 1. The molecule has 8 heteroatoms. The summed E-state index contributed by atoms with van der Waals surface area (Å²) in [6.07, 6.45) is 2.87. The van der Waals surface area contributed by atoms with E-state index in [1.54, 1.807) is 26.0 Å². The Morgan fingerprint density at radius 2 is 1.78 bits per heavy atom. The minimum atomic E-state index is -1.58. The van der Waals surface area contributed by atoms with E-state index < -0.39 is 17.4 Å². The molecule has 0 N–H and O–H groups in total. The Labute approximate surface area is 219 Å². The van der Waals surface area contributed by atoms with Crippen LogP contribution in [0.25, 0.3) is 5.69 Å². The second-order valence-corrected chi connectivity index (χ2v) is 10.5. The number of rotatable bonds is 7. The summed E-state index contributed by atoms with van der Waals surface area (Å²) in [6.45, 7) is 4.31. The number of hydrogen-bond donors (Lipinski definition) is 0. The van der Waals surface area contributed by atoms with E-state index in [-0.39, 0.29) is 12.0 Å². The fourth-order valence-corrected chi connectivity index (χ4v) is 5.61. The molecule has 188 valence electrons. The summed E-state index contributed by atoms with van der Waals surface area (Å²) in [4.78, 5) is 6.20. The van der Waals surface area contributed by atoms with Crippen LogP contribution in [0.3, 0.4) is 0 Å². The number of nitriles is 1. The van der Waals surface area contributed by atoms with Crippen molar-refractivity contribution < 1.29 is 8.78 Å². The van der Waals surface area contributed by atoms with E-state index >= 15 is 4.39 Å². The van der Waals surface area contributed by atoms with E-state index in [0.29, 0.717) is 34.9 Å². The maximum Gasteiger partial charge on any atom is 0.138 e. The van der Waals surface area contributed by atoms with E-state index in [0.717, 1.165) is 11.1 Å². The Balaban J connectivity index is 1.47. The van der Waals surface area contributed by atoms with Gasteiger partial charge in [0.25, 0.3) is 0 Å². The first-order valence-electron chi connectivity index (χ1n) is 12.1. The van der Waals surface area contributed by atoms with E-state index in [1.165, 1.54) is 29.5 Å². The van der Waals surface area contributed by atoms with Crippen LogP contribution in [0.5, 0.6) is 0 Å². The first-order chi connectivity index (χ1) is 17.7. The molecule has 1 aliphatic rings. The van der Waals surface area contributed by atoms with Gasteiger partial charge in [0, 0.05) is 24.0 Å². The van der Waals surface area contributed by atoms with Gasteiger partial charge in [0.15, 0.2) is 0 Å². The van der Waals surface area contributed by atoms with Crippen LogP contribution >= 0.6 is 11.6 Å². The van der Waals surface area contributed by atoms with Gasteiger partial charge in [-0.3, -0.25) is 4.90 Å². The lowest BCUT2D eigenvalue weighted by atomic mass is 9.72. The summed E-state index contributed by atoms with van der Waals surface area (Å²) in [5, 5.41) is 14.2. The molecule has 0 radical (unpaired) electrons. The Bertz CT molecular complexity index is 1420. The van der Waals surface area contributed by atoms with E-state index in [4.69, 9.17) is 11.6 Å².